The van der Waals surface area contributed by atoms with Crippen LogP contribution in [0.15, 0.2) is 78.9 Å². The molecule has 0 heterocycles. The minimum absolute atomic E-state index is 0.0864. The molecule has 0 unspecified atom stereocenters. The molecule has 4 rings (SSSR count). The molecule has 0 amide bonds. The number of aromatic hydroxyl groups is 3. The molecule has 0 radical (unpaired) electrons. The number of benzene rings is 4. The fourth-order valence-electron chi connectivity index (χ4n) is 3.82. The lowest BCUT2D eigenvalue weighted by Gasteiger charge is -2.30. The van der Waals surface area contributed by atoms with E-state index in [2.05, 4.69) is 0 Å². The number of hydrogen-bond acceptors (Lipinski definition) is 5. The van der Waals surface area contributed by atoms with Gasteiger partial charge in [0.1, 0.15) is 23.0 Å². The maximum atomic E-state index is 10.8. The van der Waals surface area contributed by atoms with Gasteiger partial charge in [-0.2, -0.15) is 0 Å². The maximum Gasteiger partial charge on any atom is 0.151 e. The first kappa shape index (κ1) is 21.1. The summed E-state index contributed by atoms with van der Waals surface area (Å²) in [6, 6.07) is 23.0. The highest BCUT2D eigenvalue weighted by Crippen LogP contribution is 2.49. The van der Waals surface area contributed by atoms with E-state index in [-0.39, 0.29) is 17.2 Å². The quantitative estimate of drug-likeness (QED) is 0.320. The van der Waals surface area contributed by atoms with Crippen LogP contribution in [0.5, 0.6) is 28.7 Å². The van der Waals surface area contributed by atoms with Gasteiger partial charge in [-0.3, -0.25) is 4.90 Å². The number of anilines is 3. The van der Waals surface area contributed by atoms with Crippen LogP contribution in [0.3, 0.4) is 0 Å². The van der Waals surface area contributed by atoms with E-state index in [4.69, 9.17) is 4.74 Å². The van der Waals surface area contributed by atoms with E-state index in [0.29, 0.717) is 28.6 Å². The molecular formula is C27H25NO4. The van der Waals surface area contributed by atoms with Gasteiger partial charge in [0, 0.05) is 0 Å². The Morgan fingerprint density at radius 3 is 1.75 bits per heavy atom. The van der Waals surface area contributed by atoms with Crippen molar-refractivity contribution in [2.24, 2.45) is 0 Å². The Bertz CT molecular complexity index is 1190. The fourth-order valence-corrected chi connectivity index (χ4v) is 3.82. The summed E-state index contributed by atoms with van der Waals surface area (Å²) >= 11 is 0. The average molecular weight is 428 g/mol. The Labute approximate surface area is 187 Å². The van der Waals surface area contributed by atoms with Gasteiger partial charge in [-0.25, -0.2) is 0 Å². The van der Waals surface area contributed by atoms with Gasteiger partial charge in [0.15, 0.2) is 5.75 Å². The minimum Gasteiger partial charge on any atom is -0.508 e. The Kier molecular flexibility index (Phi) is 5.65. The van der Waals surface area contributed by atoms with Gasteiger partial charge >= 0.3 is 0 Å². The van der Waals surface area contributed by atoms with Crippen molar-refractivity contribution >= 4 is 17.1 Å². The van der Waals surface area contributed by atoms with Gasteiger partial charge in [0.05, 0.1) is 17.1 Å². The second kappa shape index (κ2) is 8.55. The molecule has 0 saturated carbocycles. The van der Waals surface area contributed by atoms with Gasteiger partial charge in [0.25, 0.3) is 0 Å². The molecule has 0 bridgehead atoms. The molecule has 4 aromatic rings. The van der Waals surface area contributed by atoms with E-state index in [1.807, 2.05) is 62.1 Å². The lowest BCUT2D eigenvalue weighted by atomic mass is 10.1. The van der Waals surface area contributed by atoms with Crippen LogP contribution in [0.25, 0.3) is 0 Å². The third-order valence-electron chi connectivity index (χ3n) is 5.36. The summed E-state index contributed by atoms with van der Waals surface area (Å²) in [7, 11) is 0. The van der Waals surface area contributed by atoms with Gasteiger partial charge in [-0.1, -0.05) is 36.4 Å². The van der Waals surface area contributed by atoms with Crippen molar-refractivity contribution in [2.45, 2.75) is 20.8 Å². The van der Waals surface area contributed by atoms with Crippen LogP contribution in [0.2, 0.25) is 0 Å². The molecule has 0 aliphatic heterocycles. The number of ether oxygens (including phenoxy) is 1. The van der Waals surface area contributed by atoms with Crippen LogP contribution in [-0.2, 0) is 0 Å². The second-order valence-corrected chi connectivity index (χ2v) is 7.74. The third-order valence-corrected chi connectivity index (χ3v) is 5.36. The van der Waals surface area contributed by atoms with Gasteiger partial charge in [-0.15, -0.1) is 0 Å². The van der Waals surface area contributed by atoms with Crippen molar-refractivity contribution in [1.29, 1.82) is 0 Å². The highest BCUT2D eigenvalue weighted by molar-refractivity contribution is 5.88. The van der Waals surface area contributed by atoms with Crippen LogP contribution >= 0.6 is 0 Å². The summed E-state index contributed by atoms with van der Waals surface area (Å²) in [5.41, 5.74) is 4.20. The van der Waals surface area contributed by atoms with E-state index < -0.39 is 0 Å². The Morgan fingerprint density at radius 1 is 0.594 bits per heavy atom. The number of aryl methyl sites for hydroxylation is 3. The third kappa shape index (κ3) is 3.93. The number of hydrogen-bond donors (Lipinski definition) is 3. The number of phenolic OH excluding ortho intramolecular Hbond substituents is 3. The Balaban J connectivity index is 1.96. The monoisotopic (exact) mass is 427 g/mol. The van der Waals surface area contributed by atoms with E-state index in [9.17, 15) is 15.3 Å². The Hall–Kier alpha value is -4.12. The molecule has 0 saturated heterocycles. The van der Waals surface area contributed by atoms with Gasteiger partial charge < -0.3 is 20.1 Å². The second-order valence-electron chi connectivity index (χ2n) is 7.74. The number of para-hydroxylation sites is 4. The zero-order chi connectivity index (χ0) is 22.8. The van der Waals surface area contributed by atoms with Crippen LogP contribution in [0, 0.1) is 20.8 Å². The summed E-state index contributed by atoms with van der Waals surface area (Å²) in [5.74, 6) is 1.47. The van der Waals surface area contributed by atoms with Crippen LogP contribution < -0.4 is 9.64 Å². The molecule has 0 spiro atoms. The van der Waals surface area contributed by atoms with Crippen molar-refractivity contribution in [2.75, 3.05) is 4.90 Å². The van der Waals surface area contributed by atoms with Crippen molar-refractivity contribution in [3.8, 4) is 28.7 Å². The SMILES string of the molecule is Cc1cc(O)ccc1Oc1ccccc1N(c1c(C)cccc1O)c1c(C)cccc1O. The zero-order valence-corrected chi connectivity index (χ0v) is 18.2. The highest BCUT2D eigenvalue weighted by Gasteiger charge is 2.25. The van der Waals surface area contributed by atoms with Gasteiger partial charge in [0.2, 0.25) is 0 Å². The molecule has 0 aliphatic rings. The van der Waals surface area contributed by atoms with Gasteiger partial charge in [-0.05, 0) is 79.9 Å². The number of phenols is 3. The molecule has 0 atom stereocenters. The number of rotatable bonds is 5. The lowest BCUT2D eigenvalue weighted by Crippen LogP contribution is -2.14. The predicted octanol–water partition coefficient (Wildman–Crippen LogP) is 6.99. The summed E-state index contributed by atoms with van der Waals surface area (Å²) in [6.07, 6.45) is 0. The molecule has 0 fully saturated rings. The number of nitrogens with zero attached hydrogens (tertiary/aromatic N) is 1. The summed E-state index contributed by atoms with van der Waals surface area (Å²) in [5, 5.41) is 31.4. The smallest absolute Gasteiger partial charge is 0.151 e. The summed E-state index contributed by atoms with van der Waals surface area (Å²) in [6.45, 7) is 5.67. The molecule has 5 heteroatoms. The zero-order valence-electron chi connectivity index (χ0n) is 18.2. The minimum atomic E-state index is 0.0864. The average Bonchev–Trinajstić information content (AvgIpc) is 2.75. The Morgan fingerprint density at radius 2 is 1.19 bits per heavy atom. The van der Waals surface area contributed by atoms with E-state index in [1.54, 1.807) is 42.5 Å². The van der Waals surface area contributed by atoms with Crippen LogP contribution in [0.1, 0.15) is 16.7 Å². The van der Waals surface area contributed by atoms with Crippen molar-refractivity contribution in [3.63, 3.8) is 0 Å². The predicted molar refractivity (Wildman–Crippen MR) is 127 cm³/mol. The van der Waals surface area contributed by atoms with Crippen molar-refractivity contribution in [1.82, 2.24) is 0 Å². The normalized spacial score (nSPS) is 10.7. The lowest BCUT2D eigenvalue weighted by molar-refractivity contribution is 0.460. The molecule has 0 aromatic heterocycles. The molecule has 162 valence electrons. The van der Waals surface area contributed by atoms with Crippen LogP contribution in [-0.4, -0.2) is 15.3 Å². The van der Waals surface area contributed by atoms with E-state index >= 15 is 0 Å². The van der Waals surface area contributed by atoms with Crippen LogP contribution in [0.4, 0.5) is 17.1 Å². The standard InChI is InChI=1S/C27H25NO4/c1-17-8-6-11-22(30)26(17)28(27-18(2)9-7-12-23(27)31)21-10-4-5-13-25(21)32-24-15-14-20(29)16-19(24)3/h4-16,29-31H,1-3H3. The maximum absolute atomic E-state index is 10.8. The molecule has 4 aromatic carbocycles. The molecule has 32 heavy (non-hydrogen) atoms. The molecular weight excluding hydrogens is 402 g/mol. The topological polar surface area (TPSA) is 73.2 Å². The summed E-state index contributed by atoms with van der Waals surface area (Å²) in [4.78, 5) is 1.82. The largest absolute Gasteiger partial charge is 0.508 e. The highest BCUT2D eigenvalue weighted by atomic mass is 16.5. The fraction of sp³-hybridized carbons (Fsp3) is 0.111. The first-order valence-electron chi connectivity index (χ1n) is 10.3. The van der Waals surface area contributed by atoms with E-state index in [0.717, 1.165) is 16.7 Å². The first-order chi connectivity index (χ1) is 15.4. The molecule has 5 nitrogen and oxygen atoms in total. The first-order valence-corrected chi connectivity index (χ1v) is 10.3. The summed E-state index contributed by atoms with van der Waals surface area (Å²) < 4.78 is 6.26. The van der Waals surface area contributed by atoms with E-state index in [1.165, 1.54) is 0 Å². The molecule has 3 N–H and O–H groups in total. The van der Waals surface area contributed by atoms with Crippen molar-refractivity contribution < 1.29 is 20.1 Å². The molecule has 0 aliphatic carbocycles. The van der Waals surface area contributed by atoms with Crippen molar-refractivity contribution in [3.05, 3.63) is 95.6 Å².